The molecule has 0 saturated carbocycles. The molecule has 2 aromatic heterocycles. The zero-order valence-corrected chi connectivity index (χ0v) is 17.1. The number of fused-ring (bicyclic) bond motifs is 1. The largest absolute Gasteiger partial charge is 0.497 e. The average Bonchev–Trinajstić information content (AvgIpc) is 3.32. The first kappa shape index (κ1) is 18.8. The van der Waals surface area contributed by atoms with Gasteiger partial charge in [0.05, 0.1) is 12.9 Å². The van der Waals surface area contributed by atoms with Gasteiger partial charge in [0.1, 0.15) is 18.1 Å². The molecule has 6 nitrogen and oxygen atoms in total. The number of thioether (sulfide) groups is 1. The van der Waals surface area contributed by atoms with Crippen LogP contribution < -0.4 is 9.47 Å². The monoisotopic (exact) mass is 412 g/mol. The second-order valence-electron chi connectivity index (χ2n) is 6.06. The summed E-state index contributed by atoms with van der Waals surface area (Å²) in [5.74, 6) is 4.29. The van der Waals surface area contributed by atoms with Crippen molar-refractivity contribution in [1.29, 1.82) is 0 Å². The van der Waals surface area contributed by atoms with Gasteiger partial charge in [0, 0.05) is 0 Å². The second-order valence-corrected chi connectivity index (χ2v) is 8.20. The molecule has 0 N–H and O–H groups in total. The molecule has 0 aliphatic rings. The lowest BCUT2D eigenvalue weighted by molar-refractivity contribution is 0.303. The highest BCUT2D eigenvalue weighted by molar-refractivity contribution is 7.98. The number of hydrogen-bond acceptors (Lipinski definition) is 7. The van der Waals surface area contributed by atoms with Crippen molar-refractivity contribution in [3.63, 3.8) is 0 Å². The van der Waals surface area contributed by atoms with Crippen molar-refractivity contribution in [2.75, 3.05) is 12.9 Å². The van der Waals surface area contributed by atoms with E-state index in [1.165, 1.54) is 16.9 Å². The zero-order chi connectivity index (χ0) is 19.2. The molecule has 4 aromatic rings. The van der Waals surface area contributed by atoms with E-state index in [2.05, 4.69) is 39.6 Å². The van der Waals surface area contributed by atoms with Gasteiger partial charge in [-0.25, -0.2) is 0 Å². The first-order valence-corrected chi connectivity index (χ1v) is 10.9. The third-order valence-corrected chi connectivity index (χ3v) is 5.96. The number of aromatic nitrogens is 4. The Morgan fingerprint density at radius 3 is 2.57 bits per heavy atom. The summed E-state index contributed by atoms with van der Waals surface area (Å²) in [5.41, 5.74) is 1.35. The normalized spacial score (nSPS) is 11.0. The molecule has 4 rings (SSSR count). The van der Waals surface area contributed by atoms with Crippen LogP contribution in [0.2, 0.25) is 0 Å². The minimum Gasteiger partial charge on any atom is -0.497 e. The molecular formula is C20H20N4O2S2. The van der Waals surface area contributed by atoms with Gasteiger partial charge in [-0.05, 0) is 42.0 Å². The van der Waals surface area contributed by atoms with E-state index < -0.39 is 0 Å². The number of rotatable bonds is 9. The van der Waals surface area contributed by atoms with Crippen molar-refractivity contribution in [1.82, 2.24) is 19.8 Å². The third kappa shape index (κ3) is 4.63. The Balaban J connectivity index is 1.31. The second kappa shape index (κ2) is 9.07. The van der Waals surface area contributed by atoms with Gasteiger partial charge < -0.3 is 9.47 Å². The first-order chi connectivity index (χ1) is 13.8. The van der Waals surface area contributed by atoms with Gasteiger partial charge in [0.15, 0.2) is 10.8 Å². The van der Waals surface area contributed by atoms with Crippen LogP contribution in [0.1, 0.15) is 16.4 Å². The van der Waals surface area contributed by atoms with Crippen LogP contribution in [0.25, 0.3) is 4.96 Å². The summed E-state index contributed by atoms with van der Waals surface area (Å²) in [5, 5.41) is 14.0. The molecule has 0 unspecified atom stereocenters. The zero-order valence-electron chi connectivity index (χ0n) is 15.4. The highest BCUT2D eigenvalue weighted by Gasteiger charge is 2.12. The number of benzene rings is 2. The van der Waals surface area contributed by atoms with E-state index in [0.29, 0.717) is 6.61 Å². The van der Waals surface area contributed by atoms with Crippen LogP contribution in [0.3, 0.4) is 0 Å². The lowest BCUT2D eigenvalue weighted by Gasteiger charge is -2.04. The molecule has 2 aromatic carbocycles. The molecule has 0 saturated heterocycles. The van der Waals surface area contributed by atoms with Gasteiger partial charge in [0.2, 0.25) is 4.96 Å². The van der Waals surface area contributed by atoms with Crippen LogP contribution in [0.15, 0.2) is 54.6 Å². The summed E-state index contributed by atoms with van der Waals surface area (Å²) < 4.78 is 12.8. The van der Waals surface area contributed by atoms with E-state index in [1.54, 1.807) is 7.11 Å². The molecule has 0 fully saturated rings. The average molecular weight is 413 g/mol. The summed E-state index contributed by atoms with van der Waals surface area (Å²) in [7, 11) is 1.65. The molecule has 0 amide bonds. The molecule has 0 aliphatic carbocycles. The molecule has 0 atom stereocenters. The third-order valence-electron chi connectivity index (χ3n) is 4.13. The minimum absolute atomic E-state index is 0.404. The molecule has 8 heteroatoms. The molecule has 0 aliphatic heterocycles. The summed E-state index contributed by atoms with van der Waals surface area (Å²) >= 11 is 3.34. The van der Waals surface area contributed by atoms with Crippen molar-refractivity contribution in [2.45, 2.75) is 18.8 Å². The Hall–Kier alpha value is -2.58. The Bertz CT molecular complexity index is 1020. The highest BCUT2D eigenvalue weighted by Crippen LogP contribution is 2.21. The molecular weight excluding hydrogens is 392 g/mol. The van der Waals surface area contributed by atoms with Crippen LogP contribution in [0.5, 0.6) is 11.5 Å². The van der Waals surface area contributed by atoms with E-state index in [1.807, 2.05) is 46.6 Å². The maximum absolute atomic E-state index is 5.80. The SMILES string of the molecule is COc1ccc(OCc2nn3c(CSCCc4ccccc4)nnc3s2)cc1. The Morgan fingerprint density at radius 1 is 1.00 bits per heavy atom. The fourth-order valence-electron chi connectivity index (χ4n) is 2.66. The summed E-state index contributed by atoms with van der Waals surface area (Å²) in [4.78, 5) is 0.798. The van der Waals surface area contributed by atoms with Crippen LogP contribution in [-0.4, -0.2) is 32.7 Å². The van der Waals surface area contributed by atoms with E-state index in [0.717, 1.165) is 45.2 Å². The van der Waals surface area contributed by atoms with Gasteiger partial charge in [0.25, 0.3) is 0 Å². The summed E-state index contributed by atoms with van der Waals surface area (Å²) in [6.07, 6.45) is 1.05. The number of nitrogens with zero attached hydrogens (tertiary/aromatic N) is 4. The van der Waals surface area contributed by atoms with Gasteiger partial charge >= 0.3 is 0 Å². The molecule has 2 heterocycles. The molecule has 144 valence electrons. The van der Waals surface area contributed by atoms with Crippen molar-refractivity contribution in [3.8, 4) is 11.5 Å². The van der Waals surface area contributed by atoms with Crippen molar-refractivity contribution < 1.29 is 9.47 Å². The predicted molar refractivity (Wildman–Crippen MR) is 112 cm³/mol. The number of aryl methyl sites for hydroxylation is 1. The predicted octanol–water partition coefficient (Wildman–Crippen LogP) is 4.25. The molecule has 0 bridgehead atoms. The van der Waals surface area contributed by atoms with Gasteiger partial charge in [-0.1, -0.05) is 41.7 Å². The van der Waals surface area contributed by atoms with E-state index in [-0.39, 0.29) is 0 Å². The van der Waals surface area contributed by atoms with Crippen molar-refractivity contribution in [3.05, 3.63) is 71.0 Å². The van der Waals surface area contributed by atoms with Gasteiger partial charge in [-0.15, -0.1) is 10.2 Å². The summed E-state index contributed by atoms with van der Waals surface area (Å²) in [6.45, 7) is 0.404. The highest BCUT2D eigenvalue weighted by atomic mass is 32.2. The Labute approximate surface area is 171 Å². The maximum Gasteiger partial charge on any atom is 0.234 e. The fourth-order valence-corrected chi connectivity index (χ4v) is 4.31. The van der Waals surface area contributed by atoms with Crippen LogP contribution >= 0.6 is 23.1 Å². The van der Waals surface area contributed by atoms with E-state index in [4.69, 9.17) is 9.47 Å². The molecule has 28 heavy (non-hydrogen) atoms. The number of methoxy groups -OCH3 is 1. The van der Waals surface area contributed by atoms with Crippen LogP contribution in [0.4, 0.5) is 0 Å². The minimum atomic E-state index is 0.404. The Morgan fingerprint density at radius 2 is 1.79 bits per heavy atom. The number of ether oxygens (including phenoxy) is 2. The summed E-state index contributed by atoms with van der Waals surface area (Å²) in [6, 6.07) is 18.0. The van der Waals surface area contributed by atoms with Gasteiger partial charge in [-0.2, -0.15) is 21.4 Å². The lowest BCUT2D eigenvalue weighted by Crippen LogP contribution is -1.99. The first-order valence-electron chi connectivity index (χ1n) is 8.90. The fraction of sp³-hybridized carbons (Fsp3) is 0.250. The van der Waals surface area contributed by atoms with E-state index in [9.17, 15) is 0 Å². The maximum atomic E-state index is 5.80. The number of hydrogen-bond donors (Lipinski definition) is 0. The standard InChI is InChI=1S/C20H20N4O2S2/c1-25-16-7-9-17(10-8-16)26-13-19-23-24-18(21-22-20(24)28-19)14-27-12-11-15-5-3-2-4-6-15/h2-10H,11-14H2,1H3. The lowest BCUT2D eigenvalue weighted by atomic mass is 10.2. The molecule has 0 radical (unpaired) electrons. The Kier molecular flexibility index (Phi) is 6.08. The topological polar surface area (TPSA) is 61.5 Å². The smallest absolute Gasteiger partial charge is 0.234 e. The van der Waals surface area contributed by atoms with Crippen molar-refractivity contribution in [2.24, 2.45) is 0 Å². The van der Waals surface area contributed by atoms with E-state index >= 15 is 0 Å². The van der Waals surface area contributed by atoms with Crippen molar-refractivity contribution >= 4 is 28.1 Å². The van der Waals surface area contributed by atoms with Crippen LogP contribution in [-0.2, 0) is 18.8 Å². The van der Waals surface area contributed by atoms with Crippen LogP contribution in [0, 0.1) is 0 Å². The van der Waals surface area contributed by atoms with Gasteiger partial charge in [-0.3, -0.25) is 0 Å². The quantitative estimate of drug-likeness (QED) is 0.383. The molecule has 0 spiro atoms.